The van der Waals surface area contributed by atoms with Gasteiger partial charge in [0.25, 0.3) is 0 Å². The number of Topliss-reactive ketones (excluding diaryl/α,β-unsaturated/α-hetero) is 1. The minimum Gasteiger partial charge on any atom is -0.497 e. The average molecular weight is 417 g/mol. The molecule has 4 aromatic rings. The van der Waals surface area contributed by atoms with Crippen LogP contribution >= 0.6 is 11.8 Å². The Hall–Kier alpha value is -3.05. The van der Waals surface area contributed by atoms with E-state index < -0.39 is 0 Å². The first-order valence-electron chi connectivity index (χ1n) is 9.83. The minimum atomic E-state index is 0.112. The van der Waals surface area contributed by atoms with Crippen molar-refractivity contribution in [3.8, 4) is 11.4 Å². The number of benzene rings is 2. The zero-order valence-electron chi connectivity index (χ0n) is 17.6. The van der Waals surface area contributed by atoms with E-state index in [2.05, 4.69) is 23.6 Å². The predicted molar refractivity (Wildman–Crippen MR) is 123 cm³/mol. The molecule has 0 aliphatic heterocycles. The number of aromatic nitrogens is 2. The average Bonchev–Trinajstić information content (AvgIpc) is 3.06. The maximum absolute atomic E-state index is 13.0. The van der Waals surface area contributed by atoms with Crippen LogP contribution in [0.5, 0.6) is 5.75 Å². The highest BCUT2D eigenvalue weighted by Crippen LogP contribution is 2.28. The second kappa shape index (κ2) is 8.36. The highest BCUT2D eigenvalue weighted by Gasteiger charge is 2.17. The Balaban J connectivity index is 1.57. The van der Waals surface area contributed by atoms with Crippen LogP contribution in [0.15, 0.2) is 65.7 Å². The number of carbonyl (C=O) groups excluding carboxylic acids is 1. The van der Waals surface area contributed by atoms with Gasteiger partial charge in [0, 0.05) is 34.1 Å². The predicted octanol–water partition coefficient (Wildman–Crippen LogP) is 5.93. The third kappa shape index (κ3) is 3.85. The number of hydrogen-bond acceptors (Lipinski definition) is 4. The van der Waals surface area contributed by atoms with Crippen molar-refractivity contribution in [3.05, 3.63) is 83.2 Å². The summed E-state index contributed by atoms with van der Waals surface area (Å²) in [4.78, 5) is 17.7. The fraction of sp³-hybridized carbons (Fsp3) is 0.200. The molecule has 2 heterocycles. The molecule has 0 saturated carbocycles. The molecule has 0 unspecified atom stereocenters. The van der Waals surface area contributed by atoms with Gasteiger partial charge in [0.1, 0.15) is 5.75 Å². The summed E-state index contributed by atoms with van der Waals surface area (Å²) in [7, 11) is 1.65. The summed E-state index contributed by atoms with van der Waals surface area (Å²) in [5, 5.41) is 1.94. The van der Waals surface area contributed by atoms with E-state index in [-0.39, 0.29) is 5.78 Å². The van der Waals surface area contributed by atoms with Crippen LogP contribution in [0.4, 0.5) is 0 Å². The van der Waals surface area contributed by atoms with Gasteiger partial charge in [0.2, 0.25) is 0 Å². The highest BCUT2D eigenvalue weighted by molar-refractivity contribution is 7.99. The van der Waals surface area contributed by atoms with Gasteiger partial charge in [0.15, 0.2) is 5.78 Å². The van der Waals surface area contributed by atoms with Crippen molar-refractivity contribution in [2.75, 3.05) is 12.9 Å². The summed E-state index contributed by atoms with van der Waals surface area (Å²) < 4.78 is 7.45. The smallest absolute Gasteiger partial charge is 0.174 e. The monoisotopic (exact) mass is 416 g/mol. The van der Waals surface area contributed by atoms with Crippen LogP contribution in [0.3, 0.4) is 0 Å². The number of rotatable bonds is 6. The summed E-state index contributed by atoms with van der Waals surface area (Å²) >= 11 is 1.47. The van der Waals surface area contributed by atoms with Gasteiger partial charge in [0.05, 0.1) is 23.4 Å². The van der Waals surface area contributed by atoms with Crippen LogP contribution in [-0.2, 0) is 0 Å². The van der Waals surface area contributed by atoms with Crippen LogP contribution < -0.4 is 4.74 Å². The van der Waals surface area contributed by atoms with E-state index in [4.69, 9.17) is 9.72 Å². The number of ketones is 1. The number of hydrogen-bond donors (Lipinski definition) is 0. The Labute approximate surface area is 180 Å². The largest absolute Gasteiger partial charge is 0.497 e. The van der Waals surface area contributed by atoms with Crippen LogP contribution in [-0.4, -0.2) is 28.2 Å². The van der Waals surface area contributed by atoms with Gasteiger partial charge in [-0.25, -0.2) is 4.98 Å². The lowest BCUT2D eigenvalue weighted by Gasteiger charge is -2.10. The van der Waals surface area contributed by atoms with E-state index in [1.54, 1.807) is 7.11 Å². The first-order valence-corrected chi connectivity index (χ1v) is 10.8. The molecule has 152 valence electrons. The van der Waals surface area contributed by atoms with Crippen LogP contribution in [0.2, 0.25) is 0 Å². The fourth-order valence-corrected chi connectivity index (χ4v) is 4.65. The molecule has 4 rings (SSSR count). The Morgan fingerprint density at radius 3 is 2.53 bits per heavy atom. The number of methoxy groups -OCH3 is 1. The van der Waals surface area contributed by atoms with Crippen molar-refractivity contribution in [3.63, 3.8) is 0 Å². The molecule has 4 nitrogen and oxygen atoms in total. The van der Waals surface area contributed by atoms with Crippen LogP contribution in [0.1, 0.15) is 27.3 Å². The first kappa shape index (κ1) is 20.2. The lowest BCUT2D eigenvalue weighted by molar-refractivity contribution is 0.102. The number of fused-ring (bicyclic) bond motifs is 1. The molecule has 0 aliphatic carbocycles. The third-order valence-corrected chi connectivity index (χ3v) is 6.21. The number of pyridine rings is 1. The molecular weight excluding hydrogens is 392 g/mol. The maximum Gasteiger partial charge on any atom is 0.174 e. The molecule has 0 atom stereocenters. The summed E-state index contributed by atoms with van der Waals surface area (Å²) in [5.74, 6) is 1.24. The SMILES string of the molecule is COc1ccc2c(C)cc(SCC(=O)c3cc(C)n(-c4ccccc4)c3C)nc2c1. The van der Waals surface area contributed by atoms with Crippen molar-refractivity contribution in [2.24, 2.45) is 0 Å². The maximum atomic E-state index is 13.0. The van der Waals surface area contributed by atoms with Gasteiger partial charge in [-0.3, -0.25) is 4.79 Å². The molecule has 0 aliphatic rings. The molecule has 2 aromatic heterocycles. The first-order chi connectivity index (χ1) is 14.5. The van der Waals surface area contributed by atoms with Gasteiger partial charge < -0.3 is 9.30 Å². The Morgan fingerprint density at radius 2 is 1.80 bits per heavy atom. The molecular formula is C25H24N2O2S. The number of carbonyl (C=O) groups is 1. The quantitative estimate of drug-likeness (QED) is 0.288. The van der Waals surface area contributed by atoms with E-state index in [0.717, 1.165) is 49.9 Å². The van der Waals surface area contributed by atoms with Gasteiger partial charge in [-0.15, -0.1) is 0 Å². The summed E-state index contributed by atoms with van der Waals surface area (Å²) in [5.41, 5.74) is 5.88. The van der Waals surface area contributed by atoms with Crippen molar-refractivity contribution in [1.29, 1.82) is 0 Å². The summed E-state index contributed by atoms with van der Waals surface area (Å²) in [6.07, 6.45) is 0. The van der Waals surface area contributed by atoms with E-state index in [9.17, 15) is 4.79 Å². The fourth-order valence-electron chi connectivity index (χ4n) is 3.79. The van der Waals surface area contributed by atoms with E-state index >= 15 is 0 Å². The summed E-state index contributed by atoms with van der Waals surface area (Å²) in [6, 6.07) is 20.0. The molecule has 30 heavy (non-hydrogen) atoms. The van der Waals surface area contributed by atoms with Gasteiger partial charge in [-0.1, -0.05) is 30.0 Å². The molecule has 0 saturated heterocycles. The number of ether oxygens (including phenoxy) is 1. The van der Waals surface area contributed by atoms with Crippen LogP contribution in [0, 0.1) is 20.8 Å². The zero-order chi connectivity index (χ0) is 21.3. The lowest BCUT2D eigenvalue weighted by Crippen LogP contribution is -2.06. The standard InChI is InChI=1S/C25H24N2O2S/c1-16-12-25(26-23-14-20(29-4)10-11-21(16)23)30-15-24(28)22-13-17(2)27(18(22)3)19-8-6-5-7-9-19/h5-14H,15H2,1-4H3. The van der Waals surface area contributed by atoms with Crippen molar-refractivity contribution < 1.29 is 9.53 Å². The van der Waals surface area contributed by atoms with Crippen LogP contribution in [0.25, 0.3) is 16.6 Å². The Bertz CT molecular complexity index is 1230. The van der Waals surface area contributed by atoms with Gasteiger partial charge in [-0.05, 0) is 62.7 Å². The number of aryl methyl sites for hydroxylation is 2. The Morgan fingerprint density at radius 1 is 1.03 bits per heavy atom. The summed E-state index contributed by atoms with van der Waals surface area (Å²) in [6.45, 7) is 6.10. The topological polar surface area (TPSA) is 44.1 Å². The normalized spacial score (nSPS) is 11.1. The third-order valence-electron chi connectivity index (χ3n) is 5.30. The lowest BCUT2D eigenvalue weighted by atomic mass is 10.1. The van der Waals surface area contributed by atoms with E-state index in [0.29, 0.717) is 5.75 Å². The molecule has 0 spiro atoms. The minimum absolute atomic E-state index is 0.112. The van der Waals surface area contributed by atoms with Gasteiger partial charge in [-0.2, -0.15) is 0 Å². The second-order valence-corrected chi connectivity index (χ2v) is 8.32. The second-order valence-electron chi connectivity index (χ2n) is 7.33. The highest BCUT2D eigenvalue weighted by atomic mass is 32.2. The van der Waals surface area contributed by atoms with E-state index in [1.165, 1.54) is 11.8 Å². The Kier molecular flexibility index (Phi) is 5.64. The molecule has 0 radical (unpaired) electrons. The van der Waals surface area contributed by atoms with Crippen molar-refractivity contribution >= 4 is 28.4 Å². The van der Waals surface area contributed by atoms with Crippen molar-refractivity contribution in [1.82, 2.24) is 9.55 Å². The van der Waals surface area contributed by atoms with Crippen molar-refractivity contribution in [2.45, 2.75) is 25.8 Å². The zero-order valence-corrected chi connectivity index (χ0v) is 18.4. The molecule has 2 aromatic carbocycles. The number of para-hydroxylation sites is 1. The molecule has 5 heteroatoms. The molecule has 0 bridgehead atoms. The number of thioether (sulfide) groups is 1. The van der Waals surface area contributed by atoms with Gasteiger partial charge >= 0.3 is 0 Å². The molecule has 0 fully saturated rings. The van der Waals surface area contributed by atoms with E-state index in [1.807, 2.05) is 62.4 Å². The number of nitrogens with zero attached hydrogens (tertiary/aromatic N) is 2. The molecule has 0 N–H and O–H groups in total. The molecule has 0 amide bonds.